The van der Waals surface area contributed by atoms with Crippen LogP contribution in [0.25, 0.3) is 22.2 Å². The molecule has 0 spiro atoms. The van der Waals surface area contributed by atoms with E-state index in [-0.39, 0.29) is 11.7 Å². The van der Waals surface area contributed by atoms with E-state index in [1.165, 1.54) is 0 Å². The van der Waals surface area contributed by atoms with Crippen LogP contribution in [-0.2, 0) is 6.42 Å². The average molecular weight is 464 g/mol. The van der Waals surface area contributed by atoms with E-state index in [2.05, 4.69) is 9.97 Å². The van der Waals surface area contributed by atoms with E-state index in [9.17, 15) is 4.79 Å². The molecular formula is C27H25N7O. The molecule has 0 saturated carbocycles. The van der Waals surface area contributed by atoms with Crippen molar-refractivity contribution >= 4 is 34.3 Å². The van der Waals surface area contributed by atoms with Crippen LogP contribution in [0, 0.1) is 0 Å². The maximum absolute atomic E-state index is 11.7. The fraction of sp³-hybridized carbons (Fsp3) is 0.0741. The quantitative estimate of drug-likeness (QED) is 0.257. The minimum Gasteiger partial charge on any atom is -0.396 e. The number of nitrogens with two attached hydrogens (primary N) is 4. The number of amides is 1. The highest BCUT2D eigenvalue weighted by molar-refractivity contribution is 5.97. The molecule has 0 aliphatic heterocycles. The van der Waals surface area contributed by atoms with Crippen LogP contribution in [0.1, 0.15) is 33.2 Å². The predicted molar refractivity (Wildman–Crippen MR) is 140 cm³/mol. The first-order chi connectivity index (χ1) is 16.9. The van der Waals surface area contributed by atoms with E-state index in [1.54, 1.807) is 18.2 Å². The molecule has 9 N–H and O–H groups in total. The number of H-pyrrole nitrogens is 1. The lowest BCUT2D eigenvalue weighted by molar-refractivity contribution is 0.100. The molecule has 3 aromatic carbocycles. The van der Waals surface area contributed by atoms with E-state index in [0.717, 1.165) is 39.1 Å². The van der Waals surface area contributed by atoms with Crippen LogP contribution in [0.4, 0.5) is 17.3 Å². The Hall–Kier alpha value is -4.85. The SMILES string of the molecule is NC(=O)c1cccc(-c2cccc3[nH]c(C[C@H](c4ccccc4)c4cc(N)nc(N)c4N)nc23)c1. The van der Waals surface area contributed by atoms with E-state index in [4.69, 9.17) is 27.9 Å². The number of carbonyl (C=O) groups excluding carboxylic acids is 1. The van der Waals surface area contributed by atoms with E-state index in [1.807, 2.05) is 60.7 Å². The van der Waals surface area contributed by atoms with Gasteiger partial charge in [0.15, 0.2) is 0 Å². The van der Waals surface area contributed by atoms with Crippen molar-refractivity contribution in [2.45, 2.75) is 12.3 Å². The van der Waals surface area contributed by atoms with Gasteiger partial charge in [0.2, 0.25) is 5.91 Å². The van der Waals surface area contributed by atoms with Crippen molar-refractivity contribution in [1.82, 2.24) is 15.0 Å². The Morgan fingerprint density at radius 3 is 2.43 bits per heavy atom. The van der Waals surface area contributed by atoms with Gasteiger partial charge in [-0.1, -0.05) is 54.6 Å². The summed E-state index contributed by atoms with van der Waals surface area (Å²) in [5, 5.41) is 0. The van der Waals surface area contributed by atoms with E-state index >= 15 is 0 Å². The number of aromatic nitrogens is 3. The molecule has 0 unspecified atom stereocenters. The number of aromatic amines is 1. The molecule has 2 heterocycles. The Bertz CT molecular complexity index is 1540. The lowest BCUT2D eigenvalue weighted by Gasteiger charge is -2.20. The van der Waals surface area contributed by atoms with Crippen molar-refractivity contribution < 1.29 is 4.79 Å². The summed E-state index contributed by atoms with van der Waals surface area (Å²) >= 11 is 0. The molecule has 5 aromatic rings. The van der Waals surface area contributed by atoms with Gasteiger partial charge in [0.05, 0.1) is 16.7 Å². The van der Waals surface area contributed by atoms with Gasteiger partial charge in [0.1, 0.15) is 17.5 Å². The highest BCUT2D eigenvalue weighted by Gasteiger charge is 2.22. The van der Waals surface area contributed by atoms with Crippen molar-refractivity contribution in [3.63, 3.8) is 0 Å². The number of anilines is 3. The number of benzene rings is 3. The van der Waals surface area contributed by atoms with Gasteiger partial charge >= 0.3 is 0 Å². The topological polar surface area (TPSA) is 163 Å². The van der Waals surface area contributed by atoms with E-state index < -0.39 is 5.91 Å². The van der Waals surface area contributed by atoms with Gasteiger partial charge in [-0.05, 0) is 41.0 Å². The van der Waals surface area contributed by atoms with Gasteiger partial charge < -0.3 is 27.9 Å². The standard InChI is InChI=1S/C27H25N7O/c28-22-13-20(24(29)26(30)33-22)19(15-6-2-1-3-7-15)14-23-32-21-11-5-10-18(25(21)34-23)16-8-4-9-17(12-16)27(31)35/h1-13,19H,14,29H2,(H2,31,35)(H,32,34)(H4,28,30,33)/t19-/m1/s1. The number of pyridine rings is 1. The van der Waals surface area contributed by atoms with Crippen LogP contribution in [0.15, 0.2) is 78.9 Å². The molecule has 0 fully saturated rings. The molecule has 1 amide bonds. The summed E-state index contributed by atoms with van der Waals surface area (Å²) in [5.74, 6) is 0.684. The van der Waals surface area contributed by atoms with Crippen molar-refractivity contribution in [2.75, 3.05) is 17.2 Å². The molecule has 5 rings (SSSR count). The molecule has 0 aliphatic carbocycles. The number of imidazole rings is 1. The number of fused-ring (bicyclic) bond motifs is 1. The second-order valence-corrected chi connectivity index (χ2v) is 8.43. The van der Waals surface area contributed by atoms with Gasteiger partial charge in [-0.25, -0.2) is 9.97 Å². The fourth-order valence-electron chi connectivity index (χ4n) is 4.44. The van der Waals surface area contributed by atoms with Crippen LogP contribution in [0.3, 0.4) is 0 Å². The van der Waals surface area contributed by atoms with Crippen molar-refractivity contribution in [2.24, 2.45) is 5.73 Å². The first kappa shape index (κ1) is 22.0. The lowest BCUT2D eigenvalue weighted by Crippen LogP contribution is -2.12. The van der Waals surface area contributed by atoms with Crippen LogP contribution in [-0.4, -0.2) is 20.9 Å². The van der Waals surface area contributed by atoms with Gasteiger partial charge in [0, 0.05) is 23.5 Å². The van der Waals surface area contributed by atoms with Crippen molar-refractivity contribution in [1.29, 1.82) is 0 Å². The highest BCUT2D eigenvalue weighted by atomic mass is 16.1. The minimum absolute atomic E-state index is 0.147. The van der Waals surface area contributed by atoms with Gasteiger partial charge in [-0.2, -0.15) is 0 Å². The van der Waals surface area contributed by atoms with Crippen molar-refractivity contribution in [3.05, 3.63) is 101 Å². The Morgan fingerprint density at radius 2 is 1.66 bits per heavy atom. The zero-order valence-corrected chi connectivity index (χ0v) is 18.9. The van der Waals surface area contributed by atoms with E-state index in [0.29, 0.717) is 23.5 Å². The number of para-hydroxylation sites is 1. The third-order valence-corrected chi connectivity index (χ3v) is 6.13. The van der Waals surface area contributed by atoms with Gasteiger partial charge in [-0.3, -0.25) is 4.79 Å². The summed E-state index contributed by atoms with van der Waals surface area (Å²) in [5.41, 5.74) is 30.0. The number of nitrogen functional groups attached to an aromatic ring is 3. The molecule has 0 bridgehead atoms. The highest BCUT2D eigenvalue weighted by Crippen LogP contribution is 2.36. The molecule has 1 atom stereocenters. The zero-order valence-electron chi connectivity index (χ0n) is 18.9. The third-order valence-electron chi connectivity index (χ3n) is 6.13. The Morgan fingerprint density at radius 1 is 0.886 bits per heavy atom. The maximum atomic E-state index is 11.7. The Balaban J connectivity index is 1.60. The Labute approximate surface area is 202 Å². The molecule has 0 aliphatic rings. The molecule has 2 aromatic heterocycles. The lowest BCUT2D eigenvalue weighted by atomic mass is 9.87. The smallest absolute Gasteiger partial charge is 0.248 e. The van der Waals surface area contributed by atoms with Gasteiger partial charge in [0.25, 0.3) is 0 Å². The Kier molecular flexibility index (Phi) is 5.54. The molecule has 8 heteroatoms. The maximum Gasteiger partial charge on any atom is 0.248 e. The summed E-state index contributed by atoms with van der Waals surface area (Å²) in [6.07, 6.45) is 0.534. The first-order valence-corrected chi connectivity index (χ1v) is 11.1. The van der Waals surface area contributed by atoms with Gasteiger partial charge in [-0.15, -0.1) is 0 Å². The van der Waals surface area contributed by atoms with Crippen LogP contribution in [0.5, 0.6) is 0 Å². The predicted octanol–water partition coefficient (Wildman–Crippen LogP) is 3.84. The third kappa shape index (κ3) is 4.24. The van der Waals surface area contributed by atoms with Crippen LogP contribution >= 0.6 is 0 Å². The van der Waals surface area contributed by atoms with Crippen LogP contribution < -0.4 is 22.9 Å². The molecule has 174 valence electrons. The summed E-state index contributed by atoms with van der Waals surface area (Å²) < 4.78 is 0. The fourth-order valence-corrected chi connectivity index (χ4v) is 4.44. The molecular weight excluding hydrogens is 438 g/mol. The van der Waals surface area contributed by atoms with Crippen LogP contribution in [0.2, 0.25) is 0 Å². The number of hydrogen-bond donors (Lipinski definition) is 5. The zero-order chi connectivity index (χ0) is 24.5. The molecule has 35 heavy (non-hydrogen) atoms. The summed E-state index contributed by atoms with van der Waals surface area (Å²) in [4.78, 5) is 24.2. The number of nitrogens with one attached hydrogen (secondary N) is 1. The molecule has 0 saturated heterocycles. The normalized spacial score (nSPS) is 12.0. The van der Waals surface area contributed by atoms with Crippen molar-refractivity contribution in [3.8, 4) is 11.1 Å². The number of nitrogens with zero attached hydrogens (tertiary/aromatic N) is 2. The monoisotopic (exact) mass is 463 g/mol. The minimum atomic E-state index is -0.471. The number of hydrogen-bond acceptors (Lipinski definition) is 6. The largest absolute Gasteiger partial charge is 0.396 e. The second-order valence-electron chi connectivity index (χ2n) is 8.43. The average Bonchev–Trinajstić information content (AvgIpc) is 3.28. The number of rotatable bonds is 6. The molecule has 0 radical (unpaired) electrons. The number of primary amides is 1. The number of carbonyl (C=O) groups is 1. The summed E-state index contributed by atoms with van der Waals surface area (Å²) in [6.45, 7) is 0. The second kappa shape index (κ2) is 8.83. The summed E-state index contributed by atoms with van der Waals surface area (Å²) in [6, 6.07) is 24.9. The first-order valence-electron chi connectivity index (χ1n) is 11.1. The molecule has 8 nitrogen and oxygen atoms in total. The summed E-state index contributed by atoms with van der Waals surface area (Å²) in [7, 11) is 0.